The maximum atomic E-state index is 12.6. The van der Waals surface area contributed by atoms with Crippen LogP contribution in [0.15, 0.2) is 83.5 Å². The zero-order valence-electron chi connectivity index (χ0n) is 20.1. The second kappa shape index (κ2) is 9.87. The van der Waals surface area contributed by atoms with Gasteiger partial charge < -0.3 is 19.5 Å². The molecule has 6 nitrogen and oxygen atoms in total. The Morgan fingerprint density at radius 2 is 1.78 bits per heavy atom. The normalized spacial score (nSPS) is 17.2. The maximum absolute atomic E-state index is 12.6. The number of para-hydroxylation sites is 1. The molecule has 36 heavy (non-hydrogen) atoms. The molecule has 0 spiro atoms. The fraction of sp³-hybridized carbons (Fsp3) is 0.179. The molecule has 2 unspecified atom stereocenters. The summed E-state index contributed by atoms with van der Waals surface area (Å²) in [6, 6.07) is 23.4. The molecule has 2 aromatic carbocycles. The topological polar surface area (TPSA) is 59.4 Å². The fourth-order valence-electron chi connectivity index (χ4n) is 4.96. The number of rotatable bonds is 5. The third-order valence-corrected chi connectivity index (χ3v) is 7.39. The molecule has 4 aromatic rings. The fourth-order valence-corrected chi connectivity index (χ4v) is 5.57. The predicted molar refractivity (Wildman–Crippen MR) is 149 cm³/mol. The lowest BCUT2D eigenvalue weighted by Crippen LogP contribution is -2.29. The molecule has 0 bridgehead atoms. The minimum atomic E-state index is -0.369. The van der Waals surface area contributed by atoms with Gasteiger partial charge in [-0.25, -0.2) is 4.79 Å². The molecular formula is C28H25BrN4O2S. The van der Waals surface area contributed by atoms with Crippen LogP contribution in [0, 0.1) is 13.8 Å². The molecule has 2 aromatic heterocycles. The van der Waals surface area contributed by atoms with Gasteiger partial charge in [-0.3, -0.25) is 4.98 Å². The van der Waals surface area contributed by atoms with Crippen LogP contribution in [0.4, 0.5) is 5.69 Å². The van der Waals surface area contributed by atoms with E-state index in [-0.39, 0.29) is 18.1 Å². The van der Waals surface area contributed by atoms with Crippen molar-refractivity contribution < 1.29 is 9.53 Å². The molecule has 3 heterocycles. The number of hydrogen-bond donors (Lipinski definition) is 1. The number of methoxy groups -OCH3 is 1. The van der Waals surface area contributed by atoms with Crippen LogP contribution < -0.4 is 10.2 Å². The van der Waals surface area contributed by atoms with E-state index in [4.69, 9.17) is 17.0 Å². The molecule has 1 aliphatic rings. The number of ether oxygens (including phenoxy) is 1. The van der Waals surface area contributed by atoms with Gasteiger partial charge in [-0.2, -0.15) is 0 Å². The van der Waals surface area contributed by atoms with Crippen LogP contribution in [-0.2, 0) is 4.74 Å². The lowest BCUT2D eigenvalue weighted by molar-refractivity contribution is 0.0600. The van der Waals surface area contributed by atoms with E-state index < -0.39 is 0 Å². The average molecular weight is 562 g/mol. The molecular weight excluding hydrogens is 536 g/mol. The molecule has 1 saturated heterocycles. The molecule has 0 aliphatic carbocycles. The van der Waals surface area contributed by atoms with Gasteiger partial charge in [0, 0.05) is 27.7 Å². The summed E-state index contributed by atoms with van der Waals surface area (Å²) in [5.41, 5.74) is 6.31. The maximum Gasteiger partial charge on any atom is 0.339 e. The Morgan fingerprint density at radius 3 is 2.47 bits per heavy atom. The van der Waals surface area contributed by atoms with Crippen molar-refractivity contribution in [2.45, 2.75) is 25.9 Å². The molecule has 1 N–H and O–H groups in total. The number of pyridine rings is 1. The largest absolute Gasteiger partial charge is 0.465 e. The number of aryl methyl sites for hydroxylation is 1. The van der Waals surface area contributed by atoms with Crippen LogP contribution in [0.3, 0.4) is 0 Å². The zero-order valence-corrected chi connectivity index (χ0v) is 22.5. The summed E-state index contributed by atoms with van der Waals surface area (Å²) in [6.07, 6.45) is 1.80. The first kappa shape index (κ1) is 24.2. The number of carbonyl (C=O) groups excluding carboxylic acids is 1. The first-order valence-electron chi connectivity index (χ1n) is 11.5. The minimum Gasteiger partial charge on any atom is -0.465 e. The summed E-state index contributed by atoms with van der Waals surface area (Å²) in [5, 5.41) is 4.15. The van der Waals surface area contributed by atoms with Gasteiger partial charge in [0.1, 0.15) is 0 Å². The summed E-state index contributed by atoms with van der Waals surface area (Å²) in [6.45, 7) is 4.12. The Morgan fingerprint density at radius 1 is 1.06 bits per heavy atom. The molecule has 2 atom stereocenters. The Bertz CT molecular complexity index is 1440. The van der Waals surface area contributed by atoms with Crippen molar-refractivity contribution in [2.75, 3.05) is 12.0 Å². The number of carbonyl (C=O) groups is 1. The van der Waals surface area contributed by atoms with Crippen molar-refractivity contribution in [1.29, 1.82) is 0 Å². The number of nitrogens with zero attached hydrogens (tertiary/aromatic N) is 3. The number of benzene rings is 2. The summed E-state index contributed by atoms with van der Waals surface area (Å²) in [7, 11) is 1.40. The van der Waals surface area contributed by atoms with Crippen molar-refractivity contribution in [3.05, 3.63) is 112 Å². The van der Waals surface area contributed by atoms with Gasteiger partial charge >= 0.3 is 5.97 Å². The molecule has 0 radical (unpaired) electrons. The standard InChI is InChI=1S/C28H25BrN4O2S/c1-17-16-22(18(2)32(17)24-10-5-4-8-21(24)27(34)35-3)26-25(23-9-6-7-15-30-23)31-28(36)33(26)20-13-11-19(29)12-14-20/h4-16,25-26H,1-3H3,(H,31,36). The lowest BCUT2D eigenvalue weighted by atomic mass is 9.96. The summed E-state index contributed by atoms with van der Waals surface area (Å²) < 4.78 is 8.17. The zero-order chi connectivity index (χ0) is 25.4. The molecule has 1 fully saturated rings. The van der Waals surface area contributed by atoms with Crippen LogP contribution in [0.25, 0.3) is 5.69 Å². The average Bonchev–Trinajstić information content (AvgIpc) is 3.39. The van der Waals surface area contributed by atoms with E-state index in [2.05, 4.69) is 60.8 Å². The first-order valence-corrected chi connectivity index (χ1v) is 12.7. The number of esters is 1. The number of halogens is 1. The van der Waals surface area contributed by atoms with E-state index in [0.717, 1.165) is 38.5 Å². The third kappa shape index (κ3) is 4.20. The Labute approximate surface area is 224 Å². The van der Waals surface area contributed by atoms with Crippen molar-refractivity contribution in [3.8, 4) is 5.69 Å². The highest BCUT2D eigenvalue weighted by atomic mass is 79.9. The van der Waals surface area contributed by atoms with E-state index >= 15 is 0 Å². The van der Waals surface area contributed by atoms with Gasteiger partial charge in [-0.1, -0.05) is 34.1 Å². The Kier molecular flexibility index (Phi) is 6.64. The minimum absolute atomic E-state index is 0.154. The van der Waals surface area contributed by atoms with Crippen molar-refractivity contribution in [2.24, 2.45) is 0 Å². The quantitative estimate of drug-likeness (QED) is 0.231. The van der Waals surface area contributed by atoms with E-state index in [1.165, 1.54) is 7.11 Å². The number of thiocarbonyl (C=S) groups is 1. The SMILES string of the molecule is COC(=O)c1ccccc1-n1c(C)cc(C2C(c3ccccn3)NC(=S)N2c2ccc(Br)cc2)c1C. The summed E-state index contributed by atoms with van der Waals surface area (Å²) >= 11 is 9.40. The Hall–Kier alpha value is -3.49. The van der Waals surface area contributed by atoms with Gasteiger partial charge in [0.05, 0.1) is 36.1 Å². The number of anilines is 1. The van der Waals surface area contributed by atoms with E-state index in [1.54, 1.807) is 12.3 Å². The molecule has 0 saturated carbocycles. The van der Waals surface area contributed by atoms with Crippen LogP contribution in [0.1, 0.15) is 45.1 Å². The number of aromatic nitrogens is 2. The highest BCUT2D eigenvalue weighted by Gasteiger charge is 2.42. The number of nitrogens with one attached hydrogen (secondary N) is 1. The van der Waals surface area contributed by atoms with Gasteiger partial charge in [-0.05, 0) is 86.2 Å². The molecule has 0 amide bonds. The molecule has 8 heteroatoms. The van der Waals surface area contributed by atoms with Crippen LogP contribution >= 0.6 is 28.1 Å². The molecule has 5 rings (SSSR count). The predicted octanol–water partition coefficient (Wildman–Crippen LogP) is 6.22. The highest BCUT2D eigenvalue weighted by molar-refractivity contribution is 9.10. The first-order chi connectivity index (χ1) is 17.4. The van der Waals surface area contributed by atoms with Crippen molar-refractivity contribution in [1.82, 2.24) is 14.9 Å². The molecule has 182 valence electrons. The van der Waals surface area contributed by atoms with Crippen molar-refractivity contribution in [3.63, 3.8) is 0 Å². The van der Waals surface area contributed by atoms with Crippen LogP contribution in [0.5, 0.6) is 0 Å². The number of hydrogen-bond acceptors (Lipinski definition) is 4. The van der Waals surface area contributed by atoms with Gasteiger partial charge in [-0.15, -0.1) is 0 Å². The van der Waals surface area contributed by atoms with E-state index in [9.17, 15) is 4.79 Å². The van der Waals surface area contributed by atoms with Gasteiger partial charge in [0.15, 0.2) is 5.11 Å². The lowest BCUT2D eigenvalue weighted by Gasteiger charge is -2.28. The third-order valence-electron chi connectivity index (χ3n) is 6.54. The van der Waals surface area contributed by atoms with Crippen molar-refractivity contribution >= 4 is 44.9 Å². The van der Waals surface area contributed by atoms with E-state index in [0.29, 0.717) is 10.7 Å². The van der Waals surface area contributed by atoms with Crippen LogP contribution in [-0.4, -0.2) is 27.7 Å². The second-order valence-corrected chi connectivity index (χ2v) is 9.95. The smallest absolute Gasteiger partial charge is 0.339 e. The Balaban J connectivity index is 1.69. The summed E-state index contributed by atoms with van der Waals surface area (Å²) in [4.78, 5) is 19.4. The highest BCUT2D eigenvalue weighted by Crippen LogP contribution is 2.44. The van der Waals surface area contributed by atoms with Crippen LogP contribution in [0.2, 0.25) is 0 Å². The van der Waals surface area contributed by atoms with Gasteiger partial charge in [0.2, 0.25) is 0 Å². The van der Waals surface area contributed by atoms with E-state index in [1.807, 2.05) is 55.5 Å². The van der Waals surface area contributed by atoms with Gasteiger partial charge in [0.25, 0.3) is 0 Å². The molecule has 1 aliphatic heterocycles. The second-order valence-electron chi connectivity index (χ2n) is 8.64. The monoisotopic (exact) mass is 560 g/mol. The summed E-state index contributed by atoms with van der Waals surface area (Å²) in [5.74, 6) is -0.369.